The molecule has 3 aromatic carbocycles. The van der Waals surface area contributed by atoms with Gasteiger partial charge in [-0.25, -0.2) is 0 Å². The molecule has 1 aliphatic heterocycles. The van der Waals surface area contributed by atoms with Crippen molar-refractivity contribution in [2.24, 2.45) is 0 Å². The fourth-order valence-corrected chi connectivity index (χ4v) is 4.64. The average Bonchev–Trinajstić information content (AvgIpc) is 2.80. The molecular formula is C26H31Cl2N3O. The molecule has 1 amide bonds. The van der Waals surface area contributed by atoms with E-state index in [1.807, 2.05) is 44.2 Å². The van der Waals surface area contributed by atoms with Gasteiger partial charge in [0, 0.05) is 42.8 Å². The van der Waals surface area contributed by atoms with Crippen LogP contribution in [0.3, 0.4) is 0 Å². The summed E-state index contributed by atoms with van der Waals surface area (Å²) in [6.45, 7) is 7.96. The van der Waals surface area contributed by atoms with Gasteiger partial charge in [0.2, 0.25) is 5.91 Å². The molecule has 1 aliphatic rings. The van der Waals surface area contributed by atoms with Crippen molar-refractivity contribution >= 4 is 39.9 Å². The minimum Gasteiger partial charge on any atom is -0.350 e. The Bertz CT molecular complexity index is 1020. The van der Waals surface area contributed by atoms with E-state index in [4.69, 9.17) is 23.2 Å². The molecule has 4 nitrogen and oxygen atoms in total. The number of nitrogens with one attached hydrogen (secondary N) is 1. The number of fused-ring (bicyclic) bond motifs is 1. The molecule has 0 spiro atoms. The van der Waals surface area contributed by atoms with Gasteiger partial charge in [-0.1, -0.05) is 79.5 Å². The molecule has 0 radical (unpaired) electrons. The van der Waals surface area contributed by atoms with Crippen LogP contribution in [0.25, 0.3) is 10.8 Å². The Balaban J connectivity index is 0.00000141. The Morgan fingerprint density at radius 1 is 0.938 bits per heavy atom. The van der Waals surface area contributed by atoms with Crippen LogP contribution in [0.1, 0.15) is 31.0 Å². The van der Waals surface area contributed by atoms with Crippen molar-refractivity contribution in [1.29, 1.82) is 0 Å². The van der Waals surface area contributed by atoms with Crippen LogP contribution in [-0.4, -0.2) is 48.9 Å². The highest BCUT2D eigenvalue weighted by molar-refractivity contribution is 6.34. The van der Waals surface area contributed by atoms with Gasteiger partial charge in [-0.3, -0.25) is 9.69 Å². The van der Waals surface area contributed by atoms with Crippen molar-refractivity contribution in [1.82, 2.24) is 15.1 Å². The van der Waals surface area contributed by atoms with E-state index in [0.717, 1.165) is 48.1 Å². The number of amides is 1. The predicted molar refractivity (Wildman–Crippen MR) is 135 cm³/mol. The largest absolute Gasteiger partial charge is 0.350 e. The lowest BCUT2D eigenvalue weighted by Crippen LogP contribution is -2.49. The van der Waals surface area contributed by atoms with Crippen molar-refractivity contribution < 1.29 is 4.79 Å². The third kappa shape index (κ3) is 6.02. The monoisotopic (exact) mass is 471 g/mol. The van der Waals surface area contributed by atoms with Crippen molar-refractivity contribution in [2.75, 3.05) is 33.2 Å². The van der Waals surface area contributed by atoms with Crippen LogP contribution in [0.4, 0.5) is 0 Å². The SMILES string of the molecule is CC.CN1CCN(C(C(=O)NCc2cc(Cl)cc(Cl)c2)c2cccc3ccccc23)CC1. The molecule has 1 N–H and O–H groups in total. The van der Waals surface area contributed by atoms with E-state index in [0.29, 0.717) is 16.6 Å². The molecule has 0 aliphatic carbocycles. The summed E-state index contributed by atoms with van der Waals surface area (Å²) < 4.78 is 0. The van der Waals surface area contributed by atoms with E-state index in [-0.39, 0.29) is 11.9 Å². The number of benzene rings is 3. The van der Waals surface area contributed by atoms with Crippen molar-refractivity contribution in [2.45, 2.75) is 26.4 Å². The minimum absolute atomic E-state index is 0.00740. The summed E-state index contributed by atoms with van der Waals surface area (Å²) in [6.07, 6.45) is 0. The highest BCUT2D eigenvalue weighted by Crippen LogP contribution is 2.30. The number of hydrogen-bond acceptors (Lipinski definition) is 3. The smallest absolute Gasteiger partial charge is 0.242 e. The molecule has 0 bridgehead atoms. The number of carbonyl (C=O) groups excluding carboxylic acids is 1. The number of nitrogens with zero attached hydrogens (tertiary/aromatic N) is 2. The third-order valence-electron chi connectivity index (χ3n) is 5.66. The molecule has 1 saturated heterocycles. The first kappa shape index (κ1) is 24.5. The van der Waals surface area contributed by atoms with Gasteiger partial charge >= 0.3 is 0 Å². The quantitative estimate of drug-likeness (QED) is 0.512. The van der Waals surface area contributed by atoms with Gasteiger partial charge < -0.3 is 10.2 Å². The second kappa shape index (κ2) is 11.7. The molecule has 1 unspecified atom stereocenters. The Kier molecular flexibility index (Phi) is 8.94. The predicted octanol–water partition coefficient (Wildman–Crippen LogP) is 5.78. The van der Waals surface area contributed by atoms with Gasteiger partial charge in [0.25, 0.3) is 0 Å². The molecule has 1 atom stereocenters. The maximum absolute atomic E-state index is 13.5. The third-order valence-corrected chi connectivity index (χ3v) is 6.09. The molecule has 170 valence electrons. The fourth-order valence-electron chi connectivity index (χ4n) is 4.07. The van der Waals surface area contributed by atoms with Crippen LogP contribution in [0.15, 0.2) is 60.7 Å². The second-order valence-electron chi connectivity index (χ2n) is 7.81. The first-order valence-electron chi connectivity index (χ1n) is 11.1. The molecule has 6 heteroatoms. The van der Waals surface area contributed by atoms with Crippen molar-refractivity contribution in [3.8, 4) is 0 Å². The van der Waals surface area contributed by atoms with Gasteiger partial charge in [-0.05, 0) is 47.1 Å². The number of rotatable bonds is 5. The highest BCUT2D eigenvalue weighted by atomic mass is 35.5. The summed E-state index contributed by atoms with van der Waals surface area (Å²) >= 11 is 12.2. The summed E-state index contributed by atoms with van der Waals surface area (Å²) in [5.74, 6) is -0.00740. The van der Waals surface area contributed by atoms with E-state index in [2.05, 4.69) is 46.4 Å². The van der Waals surface area contributed by atoms with Gasteiger partial charge in [0.15, 0.2) is 0 Å². The Morgan fingerprint density at radius 2 is 1.56 bits per heavy atom. The first-order chi connectivity index (χ1) is 15.5. The summed E-state index contributed by atoms with van der Waals surface area (Å²) in [6, 6.07) is 19.4. The van der Waals surface area contributed by atoms with Gasteiger partial charge in [0.05, 0.1) is 0 Å². The van der Waals surface area contributed by atoms with Crippen LogP contribution in [0.5, 0.6) is 0 Å². The highest BCUT2D eigenvalue weighted by Gasteiger charge is 2.30. The van der Waals surface area contributed by atoms with Crippen LogP contribution in [0.2, 0.25) is 10.0 Å². The second-order valence-corrected chi connectivity index (χ2v) is 8.68. The molecule has 0 saturated carbocycles. The van der Waals surface area contributed by atoms with Gasteiger partial charge in [-0.15, -0.1) is 0 Å². The Hall–Kier alpha value is -2.11. The Labute approximate surface area is 201 Å². The van der Waals surface area contributed by atoms with Crippen LogP contribution in [0, 0.1) is 0 Å². The number of halogens is 2. The molecular weight excluding hydrogens is 441 g/mol. The number of hydrogen-bond donors (Lipinski definition) is 1. The maximum Gasteiger partial charge on any atom is 0.242 e. The fraction of sp³-hybridized carbons (Fsp3) is 0.346. The molecule has 1 heterocycles. The van der Waals surface area contributed by atoms with Crippen molar-refractivity contribution in [3.63, 3.8) is 0 Å². The normalized spacial score (nSPS) is 15.7. The zero-order valence-corrected chi connectivity index (χ0v) is 20.5. The average molecular weight is 472 g/mol. The molecule has 4 rings (SSSR count). The zero-order chi connectivity index (χ0) is 23.1. The summed E-state index contributed by atoms with van der Waals surface area (Å²) in [4.78, 5) is 18.1. The van der Waals surface area contributed by atoms with Crippen LogP contribution >= 0.6 is 23.2 Å². The van der Waals surface area contributed by atoms with Gasteiger partial charge in [-0.2, -0.15) is 0 Å². The molecule has 1 fully saturated rings. The molecule has 32 heavy (non-hydrogen) atoms. The van der Waals surface area contributed by atoms with E-state index < -0.39 is 0 Å². The molecule has 3 aromatic rings. The topological polar surface area (TPSA) is 35.6 Å². The number of carbonyl (C=O) groups is 1. The summed E-state index contributed by atoms with van der Waals surface area (Å²) in [5.41, 5.74) is 1.93. The number of likely N-dealkylation sites (N-methyl/N-ethyl adjacent to an activating group) is 1. The lowest BCUT2D eigenvalue weighted by molar-refractivity contribution is -0.127. The maximum atomic E-state index is 13.5. The van der Waals surface area contributed by atoms with E-state index >= 15 is 0 Å². The minimum atomic E-state index is -0.348. The molecule has 0 aromatic heterocycles. The lowest BCUT2D eigenvalue weighted by atomic mass is 9.96. The van der Waals surface area contributed by atoms with Crippen LogP contribution < -0.4 is 5.32 Å². The van der Waals surface area contributed by atoms with Crippen LogP contribution in [-0.2, 0) is 11.3 Å². The van der Waals surface area contributed by atoms with E-state index in [1.54, 1.807) is 6.07 Å². The standard InChI is InChI=1S/C24H25Cl2N3O.C2H6/c1-28-9-11-29(12-10-28)23(22-8-4-6-18-5-2-3-7-21(18)22)24(30)27-16-17-13-19(25)15-20(26)14-17;1-2/h2-8,13-15,23H,9-12,16H2,1H3,(H,27,30);1-2H3. The summed E-state index contributed by atoms with van der Waals surface area (Å²) in [5, 5.41) is 6.50. The Morgan fingerprint density at radius 3 is 2.25 bits per heavy atom. The van der Waals surface area contributed by atoms with Gasteiger partial charge in [0.1, 0.15) is 6.04 Å². The zero-order valence-electron chi connectivity index (χ0n) is 18.9. The number of piperazine rings is 1. The summed E-state index contributed by atoms with van der Waals surface area (Å²) in [7, 11) is 2.12. The van der Waals surface area contributed by atoms with E-state index in [1.165, 1.54) is 0 Å². The van der Waals surface area contributed by atoms with Crippen molar-refractivity contribution in [3.05, 3.63) is 81.8 Å². The van der Waals surface area contributed by atoms with E-state index in [9.17, 15) is 4.79 Å². The lowest BCUT2D eigenvalue weighted by Gasteiger charge is -2.37. The first-order valence-corrected chi connectivity index (χ1v) is 11.9.